The van der Waals surface area contributed by atoms with Gasteiger partial charge in [-0.05, 0) is 0 Å². The van der Waals surface area contributed by atoms with E-state index < -0.39 is 8.07 Å². The van der Waals surface area contributed by atoms with Crippen LogP contribution in [0.15, 0.2) is 75.3 Å². The summed E-state index contributed by atoms with van der Waals surface area (Å²) in [5.74, 6) is 0.528. The van der Waals surface area contributed by atoms with Gasteiger partial charge in [-0.3, -0.25) is 0 Å². The van der Waals surface area contributed by atoms with Crippen molar-refractivity contribution in [1.29, 1.82) is 0 Å². The molecule has 44 heavy (non-hydrogen) atoms. The molecule has 0 radical (unpaired) electrons. The van der Waals surface area contributed by atoms with Gasteiger partial charge in [0, 0.05) is 0 Å². The number of hydrogen-bond acceptors (Lipinski definition) is 0. The van der Waals surface area contributed by atoms with Crippen LogP contribution in [-0.4, -0.2) is 8.07 Å². The molecule has 0 fully saturated rings. The summed E-state index contributed by atoms with van der Waals surface area (Å²) < 4.78 is 1.56. The van der Waals surface area contributed by atoms with Crippen LogP contribution in [0.1, 0.15) is 102 Å². The molecule has 236 valence electrons. The summed E-state index contributed by atoms with van der Waals surface area (Å²) in [5.41, 5.74) is 10.0. The minimum Gasteiger partial charge on any atom is -1.00 e. The molecule has 0 saturated carbocycles. The van der Waals surface area contributed by atoms with Gasteiger partial charge >= 0.3 is 265 Å². The third kappa shape index (κ3) is 8.07. The van der Waals surface area contributed by atoms with E-state index >= 15 is 0 Å². The fraction of sp³-hybridized carbons (Fsp3) is 0.436. The van der Waals surface area contributed by atoms with Crippen LogP contribution in [0.5, 0.6) is 0 Å². The van der Waals surface area contributed by atoms with E-state index in [-0.39, 0.29) is 48.1 Å². The maximum absolute atomic E-state index is 2.72. The molecule has 0 bridgehead atoms. The summed E-state index contributed by atoms with van der Waals surface area (Å²) >= 11 is 2.39. The van der Waals surface area contributed by atoms with Crippen LogP contribution >= 0.6 is 0 Å². The monoisotopic (exact) mass is 700 g/mol. The number of allylic oxidation sites excluding steroid dienone is 4. The molecule has 0 heterocycles. The molecule has 0 aliphatic heterocycles. The molecule has 1 atom stereocenters. The Morgan fingerprint density at radius 3 is 1.34 bits per heavy atom. The van der Waals surface area contributed by atoms with Gasteiger partial charge < -0.3 is 37.2 Å². The van der Waals surface area contributed by atoms with Crippen LogP contribution in [0.2, 0.25) is 0 Å². The second-order valence-electron chi connectivity index (χ2n) is 14.8. The normalized spacial score (nSPS) is 14.4. The molecule has 3 aromatic carbocycles. The van der Waals surface area contributed by atoms with Crippen LogP contribution in [0.25, 0.3) is 0 Å². The van der Waals surface area contributed by atoms with E-state index in [0.29, 0.717) is 5.92 Å². The second kappa shape index (κ2) is 15.2. The Morgan fingerprint density at radius 2 is 1.00 bits per heavy atom. The van der Waals surface area contributed by atoms with Crippen molar-refractivity contribution in [2.75, 3.05) is 0 Å². The first-order valence-electron chi connectivity index (χ1n) is 15.5. The summed E-state index contributed by atoms with van der Waals surface area (Å²) in [7, 11) is -2.72. The van der Waals surface area contributed by atoms with E-state index in [0.717, 1.165) is 12.8 Å². The van der Waals surface area contributed by atoms with Crippen molar-refractivity contribution in [3.8, 4) is 0 Å². The molecule has 0 spiro atoms. The van der Waals surface area contributed by atoms with Gasteiger partial charge in [0.25, 0.3) is 0 Å². The maximum Gasteiger partial charge on any atom is -1.00 e. The van der Waals surface area contributed by atoms with Crippen molar-refractivity contribution in [1.82, 2.24) is 0 Å². The van der Waals surface area contributed by atoms with Crippen molar-refractivity contribution >= 4 is 23.6 Å². The van der Waals surface area contributed by atoms with Gasteiger partial charge in [0.2, 0.25) is 0 Å². The predicted octanol–water partition coefficient (Wildman–Crippen LogP) is -0.286. The largest absolute Gasteiger partial charge is 1.00 e. The first-order chi connectivity index (χ1) is 19.0. The van der Waals surface area contributed by atoms with E-state index in [2.05, 4.69) is 164 Å². The third-order valence-corrected chi connectivity index (χ3v) is 14.5. The van der Waals surface area contributed by atoms with Crippen molar-refractivity contribution in [3.63, 3.8) is 0 Å². The number of benzene rings is 3. The van der Waals surface area contributed by atoms with E-state index in [4.69, 9.17) is 0 Å². The average Bonchev–Trinajstić information content (AvgIpc) is 3.23. The Hall–Kier alpha value is -1.06. The van der Waals surface area contributed by atoms with E-state index in [1.807, 2.05) is 0 Å². The molecule has 0 N–H and O–H groups in total. The van der Waals surface area contributed by atoms with Crippen LogP contribution in [0.3, 0.4) is 0 Å². The zero-order valence-corrected chi connectivity index (χ0v) is 33.7. The van der Waals surface area contributed by atoms with E-state index in [9.17, 15) is 0 Å². The Kier molecular flexibility index (Phi) is 14.2. The number of halogens is 3. The minimum atomic E-state index is -2.72. The Labute approximate surface area is 300 Å². The molecule has 4 rings (SSSR count). The summed E-state index contributed by atoms with van der Waals surface area (Å²) in [6, 6.07) is 22.5. The van der Waals surface area contributed by atoms with Gasteiger partial charge in [-0.15, -0.1) is 0 Å². The molecule has 3 aromatic rings. The summed E-state index contributed by atoms with van der Waals surface area (Å²) in [6.45, 7) is 28.2. The zero-order chi connectivity index (χ0) is 30.5. The summed E-state index contributed by atoms with van der Waals surface area (Å²) in [6.07, 6.45) is 4.85. The zero-order valence-electron chi connectivity index (χ0n) is 28.9. The standard InChI is InChI=1S/C39H51Si.3ClH.Ti/c1-13-30(6)36-15-14-16-37(36)40(33-19-26(2)17-27(3)20-33,34-21-28(4)18-29(5)22-34)35-24-31(38(7,8)9)23-32(25-35)39(10,11)12;;;;/h16-25,30H,13-14H2,1-12H3;3*1H;/q;;;;+3/p-3. The first-order valence-corrected chi connectivity index (χ1v) is 18.3. The van der Waals surface area contributed by atoms with Crippen molar-refractivity contribution in [2.45, 2.75) is 107 Å². The molecule has 1 unspecified atom stereocenters. The van der Waals surface area contributed by atoms with Gasteiger partial charge in [0.1, 0.15) is 0 Å². The van der Waals surface area contributed by atoms with Gasteiger partial charge in [0.15, 0.2) is 0 Å². The summed E-state index contributed by atoms with van der Waals surface area (Å²) in [4.78, 5) is 0. The minimum absolute atomic E-state index is 0. The molecule has 0 nitrogen and oxygen atoms in total. The Bertz CT molecular complexity index is 1410. The van der Waals surface area contributed by atoms with Crippen molar-refractivity contribution < 1.29 is 57.7 Å². The topological polar surface area (TPSA) is 0 Å². The molecule has 0 saturated heterocycles. The van der Waals surface area contributed by atoms with E-state index in [1.165, 1.54) is 48.9 Å². The van der Waals surface area contributed by atoms with Crippen molar-refractivity contribution in [2.24, 2.45) is 5.92 Å². The SMILES string of the molecule is CCC(C)C1=[C]([Ti+3])CC=C1[Si](c1cc(C)cc(C)c1)(c1cc(C)cc(C)c1)c1cc(C(C)(C)C)cc(C(C)(C)C)c1.[Cl-].[Cl-].[Cl-]. The molecule has 1 aliphatic rings. The van der Waals surface area contributed by atoms with E-state index in [1.54, 1.807) is 14.6 Å². The van der Waals surface area contributed by atoms with Gasteiger partial charge in [0.05, 0.1) is 0 Å². The summed E-state index contributed by atoms with van der Waals surface area (Å²) in [5, 5.41) is 6.21. The molecule has 1 aliphatic carbocycles. The molecule has 0 amide bonds. The molecular weight excluding hydrogens is 651 g/mol. The second-order valence-corrected chi connectivity index (χ2v) is 19.5. The predicted molar refractivity (Wildman–Crippen MR) is 180 cm³/mol. The molecule has 5 heteroatoms. The number of rotatable bonds is 6. The smallest absolute Gasteiger partial charge is 1.00 e. The molecular formula is C39H51Cl3SiTi. The molecule has 0 aromatic heterocycles. The van der Waals surface area contributed by atoms with Gasteiger partial charge in [-0.2, -0.15) is 0 Å². The maximum atomic E-state index is 2.64. The van der Waals surface area contributed by atoms with Crippen LogP contribution in [0.4, 0.5) is 0 Å². The average molecular weight is 702 g/mol. The Balaban J connectivity index is 0.00000323. The quantitative estimate of drug-likeness (QED) is 0.245. The number of hydrogen-bond donors (Lipinski definition) is 0. The fourth-order valence-corrected chi connectivity index (χ4v) is 13.4. The van der Waals surface area contributed by atoms with Crippen LogP contribution < -0.4 is 52.8 Å². The van der Waals surface area contributed by atoms with Crippen LogP contribution in [-0.2, 0) is 31.3 Å². The third-order valence-electron chi connectivity index (χ3n) is 9.04. The number of aryl methyl sites for hydroxylation is 4. The van der Waals surface area contributed by atoms with Crippen molar-refractivity contribution in [3.05, 3.63) is 109 Å². The van der Waals surface area contributed by atoms with Crippen LogP contribution in [0, 0.1) is 33.6 Å². The Morgan fingerprint density at radius 1 is 0.636 bits per heavy atom. The first kappa shape index (κ1) is 41.0. The van der Waals surface area contributed by atoms with Gasteiger partial charge in [-0.1, -0.05) is 0 Å². The fourth-order valence-electron chi connectivity index (χ4n) is 6.77. The van der Waals surface area contributed by atoms with Gasteiger partial charge in [-0.25, -0.2) is 0 Å².